The van der Waals surface area contributed by atoms with Gasteiger partial charge in [-0.15, -0.1) is 0 Å². The van der Waals surface area contributed by atoms with Crippen LogP contribution in [0.5, 0.6) is 0 Å². The van der Waals surface area contributed by atoms with Gasteiger partial charge in [0.2, 0.25) is 0 Å². The molecule has 3 nitrogen and oxygen atoms in total. The van der Waals surface area contributed by atoms with Gasteiger partial charge in [0.15, 0.2) is 0 Å². The zero-order valence-corrected chi connectivity index (χ0v) is 13.8. The number of hydrogen-bond donors (Lipinski definition) is 1. The highest BCUT2D eigenvalue weighted by Crippen LogP contribution is 2.49. The Kier molecular flexibility index (Phi) is 3.95. The summed E-state index contributed by atoms with van der Waals surface area (Å²) in [6, 6.07) is 8.51. The summed E-state index contributed by atoms with van der Waals surface area (Å²) in [6.07, 6.45) is 2.72. The number of sulfone groups is 1. The zero-order valence-electron chi connectivity index (χ0n) is 11.4. The van der Waals surface area contributed by atoms with Crippen molar-refractivity contribution in [2.24, 2.45) is 5.41 Å². The lowest BCUT2D eigenvalue weighted by Gasteiger charge is -2.47. The maximum absolute atomic E-state index is 11.7. The van der Waals surface area contributed by atoms with Gasteiger partial charge in [-0.3, -0.25) is 0 Å². The molecule has 1 aromatic rings. The lowest BCUT2D eigenvalue weighted by Crippen LogP contribution is -2.47. The molecule has 2 fully saturated rings. The first-order chi connectivity index (χ1) is 9.51. The van der Waals surface area contributed by atoms with Crippen LogP contribution in [0.25, 0.3) is 0 Å². The van der Waals surface area contributed by atoms with E-state index in [4.69, 9.17) is 0 Å². The molecule has 1 spiro atoms. The van der Waals surface area contributed by atoms with Crippen LogP contribution in [0.1, 0.15) is 30.7 Å². The van der Waals surface area contributed by atoms with Crippen molar-refractivity contribution < 1.29 is 8.42 Å². The van der Waals surface area contributed by atoms with Crippen LogP contribution in [0, 0.1) is 5.41 Å². The van der Waals surface area contributed by atoms with Crippen LogP contribution in [-0.4, -0.2) is 33.0 Å². The monoisotopic (exact) mass is 357 g/mol. The third-order valence-electron chi connectivity index (χ3n) is 4.98. The van der Waals surface area contributed by atoms with Crippen molar-refractivity contribution >= 4 is 25.8 Å². The predicted molar refractivity (Wildman–Crippen MR) is 84.7 cm³/mol. The highest BCUT2D eigenvalue weighted by molar-refractivity contribution is 9.10. The first-order valence-corrected chi connectivity index (χ1v) is 9.79. The summed E-state index contributed by atoms with van der Waals surface area (Å²) in [7, 11) is -2.80. The molecule has 0 amide bonds. The number of halogens is 1. The number of nitrogens with one attached hydrogen (secondary N) is 1. The molecule has 0 aliphatic carbocycles. The zero-order chi connectivity index (χ0) is 14.2. The summed E-state index contributed by atoms with van der Waals surface area (Å²) in [5, 5.41) is 3.48. The van der Waals surface area contributed by atoms with Crippen molar-refractivity contribution in [1.29, 1.82) is 0 Å². The van der Waals surface area contributed by atoms with Crippen LogP contribution in [0.4, 0.5) is 0 Å². The lowest BCUT2D eigenvalue weighted by atomic mass is 9.64. The molecule has 0 aromatic heterocycles. The minimum Gasteiger partial charge on any atom is -0.316 e. The lowest BCUT2D eigenvalue weighted by molar-refractivity contribution is 0.144. The molecule has 2 aliphatic rings. The van der Waals surface area contributed by atoms with Gasteiger partial charge in [0.1, 0.15) is 9.84 Å². The number of benzene rings is 1. The fraction of sp³-hybridized carbons (Fsp3) is 0.600. The van der Waals surface area contributed by atoms with Gasteiger partial charge in [-0.1, -0.05) is 28.1 Å². The molecule has 110 valence electrons. The molecule has 5 heteroatoms. The average Bonchev–Trinajstić information content (AvgIpc) is 2.44. The summed E-state index contributed by atoms with van der Waals surface area (Å²) in [4.78, 5) is 0. The second-order valence-electron chi connectivity index (χ2n) is 6.07. The second kappa shape index (κ2) is 5.43. The number of hydrogen-bond acceptors (Lipinski definition) is 3. The summed E-state index contributed by atoms with van der Waals surface area (Å²) in [5.74, 6) is 1.15. The smallest absolute Gasteiger partial charge is 0.150 e. The first kappa shape index (κ1) is 14.5. The molecular weight excluding hydrogens is 338 g/mol. The molecule has 2 aliphatic heterocycles. The van der Waals surface area contributed by atoms with E-state index in [0.29, 0.717) is 17.4 Å². The molecule has 1 N–H and O–H groups in total. The summed E-state index contributed by atoms with van der Waals surface area (Å²) < 4.78 is 24.6. The van der Waals surface area contributed by atoms with Gasteiger partial charge in [-0.2, -0.15) is 0 Å². The number of rotatable bonds is 1. The van der Waals surface area contributed by atoms with Crippen LogP contribution in [-0.2, 0) is 9.84 Å². The Morgan fingerprint density at radius 3 is 2.40 bits per heavy atom. The second-order valence-corrected chi connectivity index (χ2v) is 9.29. The van der Waals surface area contributed by atoms with Crippen molar-refractivity contribution in [3.05, 3.63) is 34.3 Å². The maximum atomic E-state index is 11.7. The molecule has 0 saturated carbocycles. The Bertz CT molecular complexity index is 568. The van der Waals surface area contributed by atoms with E-state index in [-0.39, 0.29) is 5.41 Å². The van der Waals surface area contributed by atoms with Gasteiger partial charge in [0.05, 0.1) is 11.5 Å². The van der Waals surface area contributed by atoms with E-state index in [0.717, 1.165) is 36.8 Å². The van der Waals surface area contributed by atoms with Gasteiger partial charge in [0, 0.05) is 16.9 Å². The predicted octanol–water partition coefficient (Wildman–Crippen LogP) is 2.72. The van der Waals surface area contributed by atoms with Crippen LogP contribution in [0.3, 0.4) is 0 Å². The topological polar surface area (TPSA) is 46.2 Å². The quantitative estimate of drug-likeness (QED) is 0.840. The van der Waals surface area contributed by atoms with Crippen LogP contribution < -0.4 is 5.32 Å². The third kappa shape index (κ3) is 2.81. The highest BCUT2D eigenvalue weighted by atomic mass is 79.9. The third-order valence-corrected chi connectivity index (χ3v) is 7.16. The largest absolute Gasteiger partial charge is 0.316 e. The van der Waals surface area contributed by atoms with Crippen LogP contribution in [0.2, 0.25) is 0 Å². The Hall–Kier alpha value is -0.390. The minimum atomic E-state index is -2.80. The SMILES string of the molecule is O=S1(=O)CCC2(CCNCC2c2ccc(Br)cc2)CC1. The van der Waals surface area contributed by atoms with E-state index in [2.05, 4.69) is 45.5 Å². The standard InChI is InChI=1S/C15H20BrNO2S/c16-13-3-1-12(2-4-13)14-11-17-8-5-15(14)6-9-20(18,19)10-7-15/h1-4,14,17H,5-11H2. The van der Waals surface area contributed by atoms with E-state index >= 15 is 0 Å². The minimum absolute atomic E-state index is 0.171. The molecule has 1 aromatic carbocycles. The van der Waals surface area contributed by atoms with Crippen LogP contribution in [0.15, 0.2) is 28.7 Å². The first-order valence-electron chi connectivity index (χ1n) is 7.17. The van der Waals surface area contributed by atoms with Crippen molar-refractivity contribution in [1.82, 2.24) is 5.32 Å². The van der Waals surface area contributed by atoms with Crippen molar-refractivity contribution in [3.8, 4) is 0 Å². The van der Waals surface area contributed by atoms with E-state index in [9.17, 15) is 8.42 Å². The summed E-state index contributed by atoms with van der Waals surface area (Å²) in [5.41, 5.74) is 1.50. The number of piperidine rings is 1. The van der Waals surface area contributed by atoms with E-state index in [1.807, 2.05) is 0 Å². The van der Waals surface area contributed by atoms with Gasteiger partial charge in [-0.05, 0) is 48.9 Å². The Morgan fingerprint density at radius 1 is 1.10 bits per heavy atom. The molecule has 1 atom stereocenters. The van der Waals surface area contributed by atoms with Gasteiger partial charge >= 0.3 is 0 Å². The van der Waals surface area contributed by atoms with Crippen LogP contribution >= 0.6 is 15.9 Å². The Balaban J connectivity index is 1.89. The molecule has 2 heterocycles. The Labute approximate surface area is 129 Å². The molecule has 0 radical (unpaired) electrons. The maximum Gasteiger partial charge on any atom is 0.150 e. The highest BCUT2D eigenvalue weighted by Gasteiger charge is 2.44. The van der Waals surface area contributed by atoms with E-state index < -0.39 is 9.84 Å². The molecule has 1 unspecified atom stereocenters. The Morgan fingerprint density at radius 2 is 1.75 bits per heavy atom. The van der Waals surface area contributed by atoms with E-state index in [1.54, 1.807) is 0 Å². The van der Waals surface area contributed by atoms with E-state index in [1.165, 1.54) is 5.56 Å². The summed E-state index contributed by atoms with van der Waals surface area (Å²) >= 11 is 3.48. The van der Waals surface area contributed by atoms with Gasteiger partial charge in [0.25, 0.3) is 0 Å². The fourth-order valence-electron chi connectivity index (χ4n) is 3.68. The van der Waals surface area contributed by atoms with Gasteiger partial charge in [-0.25, -0.2) is 8.42 Å². The fourth-order valence-corrected chi connectivity index (χ4v) is 5.59. The molecule has 0 bridgehead atoms. The molecule has 3 rings (SSSR count). The molecule has 20 heavy (non-hydrogen) atoms. The normalized spacial score (nSPS) is 28.4. The van der Waals surface area contributed by atoms with Crippen molar-refractivity contribution in [2.75, 3.05) is 24.6 Å². The van der Waals surface area contributed by atoms with Crippen molar-refractivity contribution in [3.63, 3.8) is 0 Å². The molecule has 2 saturated heterocycles. The average molecular weight is 358 g/mol. The van der Waals surface area contributed by atoms with Gasteiger partial charge < -0.3 is 5.32 Å². The van der Waals surface area contributed by atoms with Crippen molar-refractivity contribution in [2.45, 2.75) is 25.2 Å². The molecular formula is C15H20BrNO2S. The summed E-state index contributed by atoms with van der Waals surface area (Å²) in [6.45, 7) is 1.97.